The maximum atomic E-state index is 15.0. The number of nitrogen functional groups attached to an aromatic ring is 1. The number of nitrogens with one attached hydrogen (secondary N) is 1. The van der Waals surface area contributed by atoms with Crippen LogP contribution in [0.15, 0.2) is 30.6 Å². The Balaban J connectivity index is 1.61. The number of anilines is 3. The molecule has 180 valence electrons. The SMILES string of the molecule is CCCOc1ccc(F)c(-c2nc(C(=O)Nc3cnccc3N3CCC[C@H](N)C3)c(N)s2)c1F. The van der Waals surface area contributed by atoms with Crippen LogP contribution in [0, 0.1) is 11.6 Å². The third kappa shape index (κ3) is 4.95. The fourth-order valence-electron chi connectivity index (χ4n) is 3.82. The number of hydrogen-bond donors (Lipinski definition) is 3. The van der Waals surface area contributed by atoms with Gasteiger partial charge in [0.1, 0.15) is 15.8 Å². The Morgan fingerprint density at radius 1 is 1.35 bits per heavy atom. The Kier molecular flexibility index (Phi) is 7.23. The molecular formula is C23H26F2N6O2S. The maximum absolute atomic E-state index is 15.0. The molecule has 0 radical (unpaired) electrons. The summed E-state index contributed by atoms with van der Waals surface area (Å²) < 4.78 is 34.8. The number of halogens is 2. The Bertz CT molecular complexity index is 1190. The van der Waals surface area contributed by atoms with Crippen LogP contribution < -0.4 is 26.4 Å². The lowest BCUT2D eigenvalue weighted by Crippen LogP contribution is -2.43. The van der Waals surface area contributed by atoms with Crippen molar-refractivity contribution in [2.45, 2.75) is 32.2 Å². The second-order valence-electron chi connectivity index (χ2n) is 8.01. The van der Waals surface area contributed by atoms with Crippen molar-refractivity contribution < 1.29 is 18.3 Å². The Morgan fingerprint density at radius 2 is 2.18 bits per heavy atom. The molecule has 3 aromatic rings. The summed E-state index contributed by atoms with van der Waals surface area (Å²) in [7, 11) is 0. The van der Waals surface area contributed by atoms with Gasteiger partial charge in [-0.15, -0.1) is 0 Å². The minimum atomic E-state index is -0.884. The van der Waals surface area contributed by atoms with E-state index in [4.69, 9.17) is 16.2 Å². The zero-order valence-electron chi connectivity index (χ0n) is 18.7. The average Bonchev–Trinajstić information content (AvgIpc) is 3.20. The van der Waals surface area contributed by atoms with Crippen LogP contribution in [0.3, 0.4) is 0 Å². The molecule has 0 unspecified atom stereocenters. The van der Waals surface area contributed by atoms with Gasteiger partial charge in [0.05, 0.1) is 29.7 Å². The van der Waals surface area contributed by atoms with Crippen molar-refractivity contribution in [2.24, 2.45) is 5.73 Å². The molecule has 1 aliphatic rings. The van der Waals surface area contributed by atoms with E-state index in [1.54, 1.807) is 12.3 Å². The lowest BCUT2D eigenvalue weighted by Gasteiger charge is -2.33. The van der Waals surface area contributed by atoms with E-state index >= 15 is 0 Å². The standard InChI is InChI=1S/C23H26F2N6O2S/c1-2-10-33-17-6-5-14(24)18(19(17)25)23-30-20(21(27)34-23)22(32)29-15-11-28-8-7-16(15)31-9-3-4-13(26)12-31/h5-8,11,13H,2-4,9-10,12,26-27H2,1H3,(H,29,32)/t13-/m0/s1. The first-order chi connectivity index (χ1) is 16.4. The minimum absolute atomic E-state index is 0.0385. The number of nitrogens with two attached hydrogens (primary N) is 2. The predicted octanol–water partition coefficient (Wildman–Crippen LogP) is 4.03. The summed E-state index contributed by atoms with van der Waals surface area (Å²) >= 11 is 0.827. The number of aromatic nitrogens is 2. The van der Waals surface area contributed by atoms with Crippen LogP contribution in [0.2, 0.25) is 0 Å². The summed E-state index contributed by atoms with van der Waals surface area (Å²) in [5.41, 5.74) is 12.9. The fraction of sp³-hybridized carbons (Fsp3) is 0.348. The third-order valence-corrected chi connectivity index (χ3v) is 6.35. The first-order valence-electron chi connectivity index (χ1n) is 11.0. The van der Waals surface area contributed by atoms with E-state index in [2.05, 4.69) is 20.2 Å². The molecule has 1 atom stereocenters. The molecule has 1 aliphatic heterocycles. The molecule has 1 saturated heterocycles. The molecule has 5 N–H and O–H groups in total. The summed E-state index contributed by atoms with van der Waals surface area (Å²) in [6.45, 7) is 3.62. The van der Waals surface area contributed by atoms with Crippen LogP contribution in [0.25, 0.3) is 10.6 Å². The monoisotopic (exact) mass is 488 g/mol. The average molecular weight is 489 g/mol. The Hall–Kier alpha value is -3.31. The number of piperidine rings is 1. The molecule has 4 rings (SSSR count). The number of nitrogens with zero attached hydrogens (tertiary/aromatic N) is 3. The molecule has 1 amide bonds. The van der Waals surface area contributed by atoms with E-state index in [9.17, 15) is 13.6 Å². The minimum Gasteiger partial charge on any atom is -0.491 e. The highest BCUT2D eigenvalue weighted by atomic mass is 32.1. The molecule has 34 heavy (non-hydrogen) atoms. The van der Waals surface area contributed by atoms with Crippen molar-refractivity contribution in [1.82, 2.24) is 9.97 Å². The molecule has 1 aromatic carbocycles. The summed E-state index contributed by atoms with van der Waals surface area (Å²) in [4.78, 5) is 23.4. The number of rotatable bonds is 7. The Morgan fingerprint density at radius 3 is 2.94 bits per heavy atom. The van der Waals surface area contributed by atoms with E-state index in [-0.39, 0.29) is 39.7 Å². The summed E-state index contributed by atoms with van der Waals surface area (Å²) in [5, 5.41) is 2.77. The predicted molar refractivity (Wildman–Crippen MR) is 129 cm³/mol. The van der Waals surface area contributed by atoms with Gasteiger partial charge in [0, 0.05) is 25.3 Å². The van der Waals surface area contributed by atoms with Gasteiger partial charge >= 0.3 is 0 Å². The molecule has 2 aromatic heterocycles. The van der Waals surface area contributed by atoms with Crippen LogP contribution in [0.1, 0.15) is 36.7 Å². The largest absolute Gasteiger partial charge is 0.491 e. The van der Waals surface area contributed by atoms with E-state index in [0.717, 1.165) is 42.5 Å². The molecule has 0 aliphatic carbocycles. The van der Waals surface area contributed by atoms with Crippen molar-refractivity contribution >= 4 is 33.6 Å². The smallest absolute Gasteiger partial charge is 0.277 e. The highest BCUT2D eigenvalue weighted by Crippen LogP contribution is 2.37. The fourth-order valence-corrected chi connectivity index (χ4v) is 4.69. The molecule has 8 nitrogen and oxygen atoms in total. The maximum Gasteiger partial charge on any atom is 0.277 e. The van der Waals surface area contributed by atoms with Gasteiger partial charge in [0.2, 0.25) is 0 Å². The lowest BCUT2D eigenvalue weighted by atomic mass is 10.1. The van der Waals surface area contributed by atoms with Crippen molar-refractivity contribution in [2.75, 3.05) is 35.6 Å². The number of hydrogen-bond acceptors (Lipinski definition) is 8. The van der Waals surface area contributed by atoms with Crippen LogP contribution in [0.4, 0.5) is 25.2 Å². The van der Waals surface area contributed by atoms with Gasteiger partial charge in [0.15, 0.2) is 17.3 Å². The molecule has 11 heteroatoms. The van der Waals surface area contributed by atoms with Gasteiger partial charge in [-0.1, -0.05) is 18.3 Å². The number of carbonyl (C=O) groups is 1. The van der Waals surface area contributed by atoms with Crippen LogP contribution in [-0.4, -0.2) is 41.6 Å². The van der Waals surface area contributed by atoms with Crippen molar-refractivity contribution in [1.29, 1.82) is 0 Å². The van der Waals surface area contributed by atoms with Gasteiger partial charge in [-0.3, -0.25) is 9.78 Å². The zero-order chi connectivity index (χ0) is 24.2. The van der Waals surface area contributed by atoms with Crippen molar-refractivity contribution in [3.8, 4) is 16.3 Å². The molecule has 0 saturated carbocycles. The van der Waals surface area contributed by atoms with E-state index < -0.39 is 17.5 Å². The van der Waals surface area contributed by atoms with E-state index in [0.29, 0.717) is 18.7 Å². The van der Waals surface area contributed by atoms with Crippen LogP contribution in [-0.2, 0) is 0 Å². The summed E-state index contributed by atoms with van der Waals surface area (Å²) in [5.74, 6) is -2.39. The number of amides is 1. The van der Waals surface area contributed by atoms with Gasteiger partial charge < -0.3 is 26.4 Å². The van der Waals surface area contributed by atoms with Crippen LogP contribution in [0.5, 0.6) is 5.75 Å². The van der Waals surface area contributed by atoms with Gasteiger partial charge in [-0.2, -0.15) is 0 Å². The Labute approximate surface area is 199 Å². The number of pyridine rings is 1. The molecule has 0 spiro atoms. The summed E-state index contributed by atoms with van der Waals surface area (Å²) in [6.07, 6.45) is 5.72. The van der Waals surface area contributed by atoms with Crippen LogP contribution >= 0.6 is 11.3 Å². The number of thiazole rings is 1. The first kappa shape index (κ1) is 23.8. The zero-order valence-corrected chi connectivity index (χ0v) is 19.5. The normalized spacial score (nSPS) is 15.9. The van der Waals surface area contributed by atoms with Gasteiger partial charge in [0.25, 0.3) is 5.91 Å². The molecule has 0 bridgehead atoms. The van der Waals surface area contributed by atoms with Gasteiger partial charge in [-0.25, -0.2) is 13.8 Å². The molecule has 1 fully saturated rings. The summed E-state index contributed by atoms with van der Waals surface area (Å²) in [6, 6.07) is 4.18. The number of ether oxygens (including phenoxy) is 1. The topological polar surface area (TPSA) is 119 Å². The van der Waals surface area contributed by atoms with Crippen molar-refractivity contribution in [3.63, 3.8) is 0 Å². The highest BCUT2D eigenvalue weighted by Gasteiger charge is 2.25. The number of benzene rings is 1. The highest BCUT2D eigenvalue weighted by molar-refractivity contribution is 7.19. The van der Waals surface area contributed by atoms with E-state index in [1.807, 2.05) is 6.92 Å². The second kappa shape index (κ2) is 10.3. The first-order valence-corrected chi connectivity index (χ1v) is 11.8. The van der Waals surface area contributed by atoms with E-state index in [1.165, 1.54) is 12.3 Å². The number of carbonyl (C=O) groups excluding carboxylic acids is 1. The molecule has 3 heterocycles. The van der Waals surface area contributed by atoms with Crippen molar-refractivity contribution in [3.05, 3.63) is 47.9 Å². The quantitative estimate of drug-likeness (QED) is 0.459. The molecular weight excluding hydrogens is 462 g/mol. The van der Waals surface area contributed by atoms with Gasteiger partial charge in [-0.05, 0) is 37.5 Å². The lowest BCUT2D eigenvalue weighted by molar-refractivity contribution is 0.102. The third-order valence-electron chi connectivity index (χ3n) is 5.44. The second-order valence-corrected chi connectivity index (χ2v) is 9.04.